The van der Waals surface area contributed by atoms with Crippen LogP contribution in [0.25, 0.3) is 0 Å². The molecule has 134 valence electrons. The molecule has 6 heteroatoms. The molecule has 1 aliphatic rings. The lowest BCUT2D eigenvalue weighted by Crippen LogP contribution is -2.10. The molecule has 1 atom stereocenters. The van der Waals surface area contributed by atoms with Gasteiger partial charge in [0, 0.05) is 29.2 Å². The average Bonchev–Trinajstić information content (AvgIpc) is 3.44. The quantitative estimate of drug-likeness (QED) is 0.689. The monoisotopic (exact) mass is 368 g/mol. The summed E-state index contributed by atoms with van der Waals surface area (Å²) in [6.07, 6.45) is 1.61. The van der Waals surface area contributed by atoms with Gasteiger partial charge in [0.15, 0.2) is 5.82 Å². The molecule has 1 heterocycles. The van der Waals surface area contributed by atoms with Gasteiger partial charge in [-0.15, -0.1) is 0 Å². The van der Waals surface area contributed by atoms with Gasteiger partial charge < -0.3 is 10.4 Å². The summed E-state index contributed by atoms with van der Waals surface area (Å²) >= 11 is 6.17. The molecule has 1 saturated carbocycles. The second kappa shape index (κ2) is 7.09. The lowest BCUT2D eigenvalue weighted by molar-refractivity contribution is 0.221. The maximum absolute atomic E-state index is 10.8. The van der Waals surface area contributed by atoms with E-state index >= 15 is 0 Å². The molecule has 0 spiro atoms. The van der Waals surface area contributed by atoms with Crippen molar-refractivity contribution in [2.45, 2.75) is 31.4 Å². The van der Waals surface area contributed by atoms with Gasteiger partial charge in [0.05, 0.1) is 6.54 Å². The van der Waals surface area contributed by atoms with Crippen molar-refractivity contribution in [1.82, 2.24) is 14.8 Å². The van der Waals surface area contributed by atoms with Gasteiger partial charge in [-0.05, 0) is 36.6 Å². The standard InChI is InChI=1S/C20H21ClN4O/c1-25-18(23-20(24-25)14-7-8-14)12-22-17-10-9-15(21)11-16(17)19(26)13-5-3-2-4-6-13/h2-6,9-11,14,19,22,26H,7-8,12H2,1H3. The third-order valence-corrected chi connectivity index (χ3v) is 4.91. The van der Waals surface area contributed by atoms with Gasteiger partial charge in [0.25, 0.3) is 0 Å². The van der Waals surface area contributed by atoms with E-state index in [2.05, 4.69) is 15.4 Å². The zero-order chi connectivity index (χ0) is 18.1. The maximum atomic E-state index is 10.8. The number of hydrogen-bond acceptors (Lipinski definition) is 4. The van der Waals surface area contributed by atoms with Crippen LogP contribution in [0.2, 0.25) is 5.02 Å². The molecule has 26 heavy (non-hydrogen) atoms. The van der Waals surface area contributed by atoms with E-state index in [1.54, 1.807) is 6.07 Å². The molecule has 2 N–H and O–H groups in total. The van der Waals surface area contributed by atoms with Crippen molar-refractivity contribution >= 4 is 17.3 Å². The average molecular weight is 369 g/mol. The SMILES string of the molecule is Cn1nc(C2CC2)nc1CNc1ccc(Cl)cc1C(O)c1ccccc1. The number of halogens is 1. The molecule has 2 aromatic carbocycles. The smallest absolute Gasteiger partial charge is 0.154 e. The first-order valence-corrected chi connectivity index (χ1v) is 9.16. The van der Waals surface area contributed by atoms with Crippen molar-refractivity contribution < 1.29 is 5.11 Å². The van der Waals surface area contributed by atoms with Crippen molar-refractivity contribution in [2.24, 2.45) is 7.05 Å². The Balaban J connectivity index is 1.56. The number of nitrogens with one attached hydrogen (secondary N) is 1. The third kappa shape index (κ3) is 3.59. The van der Waals surface area contributed by atoms with Gasteiger partial charge in [-0.25, -0.2) is 4.98 Å². The van der Waals surface area contributed by atoms with Crippen LogP contribution in [0.15, 0.2) is 48.5 Å². The molecule has 3 aromatic rings. The Kier molecular flexibility index (Phi) is 4.66. The molecule has 1 aromatic heterocycles. The van der Waals surface area contributed by atoms with Crippen LogP contribution in [-0.2, 0) is 13.6 Å². The summed E-state index contributed by atoms with van der Waals surface area (Å²) in [5.74, 6) is 2.34. The summed E-state index contributed by atoms with van der Waals surface area (Å²) in [6, 6.07) is 15.1. The van der Waals surface area contributed by atoms with E-state index in [-0.39, 0.29) is 0 Å². The summed E-state index contributed by atoms with van der Waals surface area (Å²) in [6.45, 7) is 0.534. The molecule has 0 radical (unpaired) electrons. The zero-order valence-corrected chi connectivity index (χ0v) is 15.3. The number of aliphatic hydroxyl groups is 1. The number of benzene rings is 2. The first-order chi connectivity index (χ1) is 12.6. The molecule has 0 amide bonds. The van der Waals surface area contributed by atoms with Gasteiger partial charge >= 0.3 is 0 Å². The minimum Gasteiger partial charge on any atom is -0.384 e. The van der Waals surface area contributed by atoms with Gasteiger partial charge in [-0.3, -0.25) is 4.68 Å². The Bertz CT molecular complexity index is 905. The predicted molar refractivity (Wildman–Crippen MR) is 102 cm³/mol. The fourth-order valence-electron chi connectivity index (χ4n) is 3.02. The molecule has 1 aliphatic carbocycles. The highest BCUT2D eigenvalue weighted by molar-refractivity contribution is 6.30. The fourth-order valence-corrected chi connectivity index (χ4v) is 3.20. The van der Waals surface area contributed by atoms with E-state index in [4.69, 9.17) is 11.6 Å². The van der Waals surface area contributed by atoms with E-state index in [1.807, 2.05) is 54.2 Å². The maximum Gasteiger partial charge on any atom is 0.154 e. The number of aliphatic hydroxyl groups excluding tert-OH is 1. The highest BCUT2D eigenvalue weighted by Crippen LogP contribution is 2.38. The van der Waals surface area contributed by atoms with Crippen LogP contribution in [0.4, 0.5) is 5.69 Å². The number of aryl methyl sites for hydroxylation is 1. The molecule has 4 rings (SSSR count). The summed E-state index contributed by atoms with van der Waals surface area (Å²) in [4.78, 5) is 4.64. The van der Waals surface area contributed by atoms with Crippen LogP contribution in [0.5, 0.6) is 0 Å². The van der Waals surface area contributed by atoms with Gasteiger partial charge in [0.2, 0.25) is 0 Å². The molecular formula is C20H21ClN4O. The molecule has 5 nitrogen and oxygen atoms in total. The predicted octanol–water partition coefficient (Wildman–Crippen LogP) is 4.04. The van der Waals surface area contributed by atoms with Crippen LogP contribution in [0, 0.1) is 0 Å². The summed E-state index contributed by atoms with van der Waals surface area (Å²) in [7, 11) is 1.91. The largest absolute Gasteiger partial charge is 0.384 e. The van der Waals surface area contributed by atoms with Crippen LogP contribution in [0.3, 0.4) is 0 Å². The minimum absolute atomic E-state index is 0.529. The lowest BCUT2D eigenvalue weighted by Gasteiger charge is -2.17. The highest BCUT2D eigenvalue weighted by Gasteiger charge is 2.28. The van der Waals surface area contributed by atoms with E-state index in [1.165, 1.54) is 12.8 Å². The van der Waals surface area contributed by atoms with Crippen molar-refractivity contribution in [2.75, 3.05) is 5.32 Å². The Labute approximate surface area is 157 Å². The fraction of sp³-hybridized carbons (Fsp3) is 0.300. The van der Waals surface area contributed by atoms with Gasteiger partial charge in [-0.1, -0.05) is 41.9 Å². The Morgan fingerprint density at radius 1 is 1.23 bits per heavy atom. The minimum atomic E-state index is -0.751. The second-order valence-corrected chi connectivity index (χ2v) is 7.12. The molecule has 1 unspecified atom stereocenters. The Hall–Kier alpha value is -2.37. The van der Waals surface area contributed by atoms with Crippen LogP contribution < -0.4 is 5.32 Å². The first-order valence-electron chi connectivity index (χ1n) is 8.78. The topological polar surface area (TPSA) is 63.0 Å². The van der Waals surface area contributed by atoms with Gasteiger partial charge in [-0.2, -0.15) is 5.10 Å². The Morgan fingerprint density at radius 2 is 2.00 bits per heavy atom. The zero-order valence-electron chi connectivity index (χ0n) is 14.6. The first kappa shape index (κ1) is 17.1. The highest BCUT2D eigenvalue weighted by atomic mass is 35.5. The number of hydrogen-bond donors (Lipinski definition) is 2. The van der Waals surface area contributed by atoms with E-state index in [0.717, 1.165) is 28.5 Å². The van der Waals surface area contributed by atoms with Crippen molar-refractivity contribution in [3.63, 3.8) is 0 Å². The van der Waals surface area contributed by atoms with Crippen LogP contribution in [0.1, 0.15) is 47.6 Å². The normalized spacial score (nSPS) is 15.0. The molecular weight excluding hydrogens is 348 g/mol. The van der Waals surface area contributed by atoms with Gasteiger partial charge in [0.1, 0.15) is 11.9 Å². The molecule has 0 saturated heterocycles. The van der Waals surface area contributed by atoms with Crippen LogP contribution in [-0.4, -0.2) is 19.9 Å². The second-order valence-electron chi connectivity index (χ2n) is 6.68. The number of anilines is 1. The molecule has 0 aliphatic heterocycles. The van der Waals surface area contributed by atoms with Crippen molar-refractivity contribution in [3.05, 3.63) is 76.3 Å². The lowest BCUT2D eigenvalue weighted by atomic mass is 10.00. The number of nitrogens with zero attached hydrogens (tertiary/aromatic N) is 3. The molecule has 0 bridgehead atoms. The van der Waals surface area contributed by atoms with Crippen LogP contribution >= 0.6 is 11.6 Å². The number of rotatable bonds is 6. The van der Waals surface area contributed by atoms with E-state index in [0.29, 0.717) is 17.5 Å². The van der Waals surface area contributed by atoms with Crippen molar-refractivity contribution in [3.8, 4) is 0 Å². The summed E-state index contributed by atoms with van der Waals surface area (Å²) in [5.41, 5.74) is 2.41. The summed E-state index contributed by atoms with van der Waals surface area (Å²) in [5, 5.41) is 19.3. The molecule has 1 fully saturated rings. The van der Waals surface area contributed by atoms with E-state index < -0.39 is 6.10 Å². The summed E-state index contributed by atoms with van der Waals surface area (Å²) < 4.78 is 1.82. The number of aromatic nitrogens is 3. The van der Waals surface area contributed by atoms with Crippen molar-refractivity contribution in [1.29, 1.82) is 0 Å². The third-order valence-electron chi connectivity index (χ3n) is 4.67. The van der Waals surface area contributed by atoms with E-state index in [9.17, 15) is 5.11 Å². The Morgan fingerprint density at radius 3 is 2.73 bits per heavy atom.